The van der Waals surface area contributed by atoms with E-state index in [2.05, 4.69) is 41.2 Å². The molecule has 0 spiro atoms. The van der Waals surface area contributed by atoms with Crippen LogP contribution >= 0.6 is 15.9 Å². The van der Waals surface area contributed by atoms with Gasteiger partial charge < -0.3 is 14.6 Å². The summed E-state index contributed by atoms with van der Waals surface area (Å²) in [6.45, 7) is 7.59. The number of hydrogen-bond donors (Lipinski definition) is 1. The van der Waals surface area contributed by atoms with Crippen LogP contribution in [0.5, 0.6) is 0 Å². The Balaban J connectivity index is 1.21. The number of carbonyl (C=O) groups excluding carboxylic acids is 1. The number of piperidine rings is 1. The summed E-state index contributed by atoms with van der Waals surface area (Å²) in [6, 6.07) is 7.83. The average molecular weight is 492 g/mol. The number of morpholine rings is 1. The van der Waals surface area contributed by atoms with Crippen molar-refractivity contribution >= 4 is 21.8 Å². The molecule has 1 unspecified atom stereocenters. The van der Waals surface area contributed by atoms with Crippen molar-refractivity contribution in [1.29, 1.82) is 0 Å². The molecule has 1 aromatic heterocycles. The Kier molecular flexibility index (Phi) is 8.07. The number of aromatic nitrogens is 2. The average Bonchev–Trinajstić information content (AvgIpc) is 3.26. The Labute approximate surface area is 191 Å². The SMILES string of the molecule is O=C(NCCCN1CCOCC1)C1CCCN(Cc2nc(-c3ccc(Br)cc3)no2)C1. The van der Waals surface area contributed by atoms with E-state index in [4.69, 9.17) is 9.26 Å². The van der Waals surface area contributed by atoms with Crippen LogP contribution in [0.1, 0.15) is 25.2 Å². The maximum Gasteiger partial charge on any atom is 0.241 e. The quantitative estimate of drug-likeness (QED) is 0.567. The lowest BCUT2D eigenvalue weighted by Gasteiger charge is -2.31. The minimum atomic E-state index is 0.0194. The molecule has 2 saturated heterocycles. The molecule has 3 heterocycles. The van der Waals surface area contributed by atoms with Crippen molar-refractivity contribution in [3.8, 4) is 11.4 Å². The molecule has 1 atom stereocenters. The number of benzene rings is 1. The second-order valence-electron chi connectivity index (χ2n) is 8.19. The fraction of sp³-hybridized carbons (Fsp3) is 0.591. The first-order valence-corrected chi connectivity index (χ1v) is 11.9. The van der Waals surface area contributed by atoms with Crippen LogP contribution in [0.2, 0.25) is 0 Å². The van der Waals surface area contributed by atoms with Gasteiger partial charge in [0.2, 0.25) is 17.6 Å². The molecule has 31 heavy (non-hydrogen) atoms. The van der Waals surface area contributed by atoms with Crippen LogP contribution in [0.4, 0.5) is 0 Å². The highest BCUT2D eigenvalue weighted by atomic mass is 79.9. The fourth-order valence-electron chi connectivity index (χ4n) is 4.12. The number of amides is 1. The highest BCUT2D eigenvalue weighted by Crippen LogP contribution is 2.21. The summed E-state index contributed by atoms with van der Waals surface area (Å²) in [5.41, 5.74) is 0.922. The molecule has 2 aliphatic heterocycles. The Bertz CT molecular complexity index is 838. The molecule has 2 fully saturated rings. The van der Waals surface area contributed by atoms with Crippen LogP contribution < -0.4 is 5.32 Å². The van der Waals surface area contributed by atoms with Gasteiger partial charge in [-0.2, -0.15) is 4.98 Å². The van der Waals surface area contributed by atoms with E-state index < -0.39 is 0 Å². The van der Waals surface area contributed by atoms with E-state index >= 15 is 0 Å². The summed E-state index contributed by atoms with van der Waals surface area (Å²) < 4.78 is 11.8. The molecule has 9 heteroatoms. The molecule has 2 aromatic rings. The van der Waals surface area contributed by atoms with E-state index in [1.165, 1.54) is 0 Å². The molecule has 0 bridgehead atoms. The standard InChI is InChI=1S/C22H30BrN5O3/c23-19-6-4-17(5-7-19)21-25-20(31-26-21)16-28-9-1-3-18(15-28)22(29)24-8-2-10-27-11-13-30-14-12-27/h4-7,18H,1-3,8-16H2,(H,24,29). The highest BCUT2D eigenvalue weighted by molar-refractivity contribution is 9.10. The van der Waals surface area contributed by atoms with Gasteiger partial charge in [-0.05, 0) is 56.6 Å². The Morgan fingerprint density at radius 3 is 2.77 bits per heavy atom. The maximum atomic E-state index is 12.6. The zero-order valence-corrected chi connectivity index (χ0v) is 19.3. The van der Waals surface area contributed by atoms with Crippen molar-refractivity contribution in [2.45, 2.75) is 25.8 Å². The molecule has 8 nitrogen and oxygen atoms in total. The van der Waals surface area contributed by atoms with Crippen LogP contribution in [-0.2, 0) is 16.1 Å². The summed E-state index contributed by atoms with van der Waals surface area (Å²) in [5.74, 6) is 1.36. The van der Waals surface area contributed by atoms with Crippen molar-refractivity contribution in [3.63, 3.8) is 0 Å². The minimum absolute atomic E-state index is 0.0194. The van der Waals surface area contributed by atoms with E-state index in [1.54, 1.807) is 0 Å². The van der Waals surface area contributed by atoms with Gasteiger partial charge in [-0.3, -0.25) is 14.6 Å². The molecule has 0 radical (unpaired) electrons. The third kappa shape index (κ3) is 6.58. The fourth-order valence-corrected chi connectivity index (χ4v) is 4.39. The van der Waals surface area contributed by atoms with Crippen LogP contribution in [-0.4, -0.2) is 78.3 Å². The number of halogens is 1. The second-order valence-corrected chi connectivity index (χ2v) is 9.11. The number of nitrogens with one attached hydrogen (secondary N) is 1. The molecule has 2 aliphatic rings. The van der Waals surface area contributed by atoms with Crippen molar-refractivity contribution < 1.29 is 14.1 Å². The number of carbonyl (C=O) groups is 1. The summed E-state index contributed by atoms with van der Waals surface area (Å²) in [7, 11) is 0. The third-order valence-corrected chi connectivity index (χ3v) is 6.39. The third-order valence-electron chi connectivity index (χ3n) is 5.86. The Hall–Kier alpha value is -1.81. The van der Waals surface area contributed by atoms with Gasteiger partial charge in [0, 0.05) is 36.2 Å². The van der Waals surface area contributed by atoms with Gasteiger partial charge in [0.25, 0.3) is 0 Å². The molecule has 168 valence electrons. The van der Waals surface area contributed by atoms with E-state index in [0.717, 1.165) is 81.8 Å². The van der Waals surface area contributed by atoms with Crippen molar-refractivity contribution in [1.82, 2.24) is 25.3 Å². The van der Waals surface area contributed by atoms with E-state index in [0.29, 0.717) is 18.3 Å². The number of ether oxygens (including phenoxy) is 1. The normalized spacial score (nSPS) is 20.6. The van der Waals surface area contributed by atoms with Gasteiger partial charge in [0.15, 0.2) is 0 Å². The lowest BCUT2D eigenvalue weighted by molar-refractivity contribution is -0.126. The summed E-state index contributed by atoms with van der Waals surface area (Å²) in [6.07, 6.45) is 2.91. The Morgan fingerprint density at radius 1 is 1.16 bits per heavy atom. The monoisotopic (exact) mass is 491 g/mol. The smallest absolute Gasteiger partial charge is 0.241 e. The van der Waals surface area contributed by atoms with E-state index in [9.17, 15) is 4.79 Å². The first kappa shape index (κ1) is 22.4. The van der Waals surface area contributed by atoms with Crippen molar-refractivity contribution in [2.75, 3.05) is 52.5 Å². The van der Waals surface area contributed by atoms with Gasteiger partial charge in [-0.15, -0.1) is 0 Å². The van der Waals surface area contributed by atoms with Crippen LogP contribution in [0.15, 0.2) is 33.3 Å². The molecule has 0 saturated carbocycles. The number of nitrogens with zero attached hydrogens (tertiary/aromatic N) is 4. The van der Waals surface area contributed by atoms with E-state index in [-0.39, 0.29) is 11.8 Å². The lowest BCUT2D eigenvalue weighted by Crippen LogP contribution is -2.43. The number of likely N-dealkylation sites (tertiary alicyclic amines) is 1. The zero-order chi connectivity index (χ0) is 21.5. The first-order valence-electron chi connectivity index (χ1n) is 11.1. The topological polar surface area (TPSA) is 83.7 Å². The highest BCUT2D eigenvalue weighted by Gasteiger charge is 2.26. The van der Waals surface area contributed by atoms with Crippen molar-refractivity contribution in [3.05, 3.63) is 34.6 Å². The summed E-state index contributed by atoms with van der Waals surface area (Å²) >= 11 is 3.43. The van der Waals surface area contributed by atoms with Gasteiger partial charge in [0.1, 0.15) is 0 Å². The first-order chi connectivity index (χ1) is 15.2. The summed E-state index contributed by atoms with van der Waals surface area (Å²) in [4.78, 5) is 21.8. The van der Waals surface area contributed by atoms with Gasteiger partial charge in [-0.25, -0.2) is 0 Å². The number of hydrogen-bond acceptors (Lipinski definition) is 7. The molecule has 0 aliphatic carbocycles. The molecule has 1 N–H and O–H groups in total. The molecular weight excluding hydrogens is 462 g/mol. The minimum Gasteiger partial charge on any atom is -0.379 e. The molecule has 4 rings (SSSR count). The predicted octanol–water partition coefficient (Wildman–Crippen LogP) is 2.55. The van der Waals surface area contributed by atoms with Gasteiger partial charge >= 0.3 is 0 Å². The zero-order valence-electron chi connectivity index (χ0n) is 17.8. The second kappa shape index (κ2) is 11.2. The van der Waals surface area contributed by atoms with Crippen LogP contribution in [0.25, 0.3) is 11.4 Å². The van der Waals surface area contributed by atoms with Crippen molar-refractivity contribution in [2.24, 2.45) is 5.92 Å². The van der Waals surface area contributed by atoms with Crippen LogP contribution in [0.3, 0.4) is 0 Å². The summed E-state index contributed by atoms with van der Waals surface area (Å²) in [5, 5.41) is 7.23. The van der Waals surface area contributed by atoms with E-state index in [1.807, 2.05) is 24.3 Å². The van der Waals surface area contributed by atoms with Gasteiger partial charge in [0.05, 0.1) is 25.7 Å². The largest absolute Gasteiger partial charge is 0.379 e. The maximum absolute atomic E-state index is 12.6. The predicted molar refractivity (Wildman–Crippen MR) is 120 cm³/mol. The van der Waals surface area contributed by atoms with Gasteiger partial charge in [-0.1, -0.05) is 21.1 Å². The number of rotatable bonds is 8. The van der Waals surface area contributed by atoms with Crippen LogP contribution in [0, 0.1) is 5.92 Å². The molecule has 1 aromatic carbocycles. The molecular formula is C22H30BrN5O3. The lowest BCUT2D eigenvalue weighted by atomic mass is 9.97. The molecule has 1 amide bonds. The Morgan fingerprint density at radius 2 is 1.97 bits per heavy atom.